The van der Waals surface area contributed by atoms with Gasteiger partial charge in [-0.2, -0.15) is 0 Å². The van der Waals surface area contributed by atoms with Crippen LogP contribution in [-0.4, -0.2) is 10.9 Å². The number of carbonyl (C=O) groups is 1. The molecule has 0 spiro atoms. The summed E-state index contributed by atoms with van der Waals surface area (Å²) in [4.78, 5) is 16.0. The van der Waals surface area contributed by atoms with Crippen molar-refractivity contribution in [2.45, 2.75) is 0 Å². The maximum absolute atomic E-state index is 13.0. The summed E-state index contributed by atoms with van der Waals surface area (Å²) in [6.45, 7) is 0. The number of carbonyl (C=O) groups excluding carboxylic acids is 1. The summed E-state index contributed by atoms with van der Waals surface area (Å²) in [5.41, 5.74) is 0.476. The van der Waals surface area contributed by atoms with E-state index in [0.717, 1.165) is 12.1 Å². The molecule has 19 heavy (non-hydrogen) atoms. The summed E-state index contributed by atoms with van der Waals surface area (Å²) in [6.07, 6.45) is 1.54. The summed E-state index contributed by atoms with van der Waals surface area (Å²) >= 11 is 14.8. The van der Waals surface area contributed by atoms with Crippen LogP contribution in [0.4, 0.5) is 10.1 Å². The van der Waals surface area contributed by atoms with Gasteiger partial charge >= 0.3 is 0 Å². The van der Waals surface area contributed by atoms with Gasteiger partial charge in [-0.25, -0.2) is 9.37 Å². The lowest BCUT2D eigenvalue weighted by atomic mass is 10.2. The zero-order chi connectivity index (χ0) is 14.0. The predicted octanol–water partition coefficient (Wildman–Crippen LogP) is 4.54. The topological polar surface area (TPSA) is 42.0 Å². The van der Waals surface area contributed by atoms with Crippen molar-refractivity contribution in [3.8, 4) is 0 Å². The largest absolute Gasteiger partial charge is 0.319 e. The minimum atomic E-state index is -0.574. The number of amides is 1. The Balaban J connectivity index is 2.32. The monoisotopic (exact) mass is 362 g/mol. The van der Waals surface area contributed by atoms with Gasteiger partial charge in [-0.05, 0) is 40.2 Å². The van der Waals surface area contributed by atoms with Crippen LogP contribution in [0.5, 0.6) is 0 Å². The van der Waals surface area contributed by atoms with E-state index in [0.29, 0.717) is 10.2 Å². The summed E-state index contributed by atoms with van der Waals surface area (Å²) in [7, 11) is 0. The lowest BCUT2D eigenvalue weighted by Crippen LogP contribution is -2.13. The molecule has 2 rings (SSSR count). The maximum Gasteiger partial charge on any atom is 0.258 e. The van der Waals surface area contributed by atoms with Gasteiger partial charge in [0.1, 0.15) is 10.4 Å². The van der Waals surface area contributed by atoms with Gasteiger partial charge < -0.3 is 5.32 Å². The van der Waals surface area contributed by atoms with Crippen LogP contribution in [0.2, 0.25) is 10.0 Å². The van der Waals surface area contributed by atoms with Gasteiger partial charge in [0, 0.05) is 6.20 Å². The van der Waals surface area contributed by atoms with Crippen molar-refractivity contribution in [3.63, 3.8) is 0 Å². The smallest absolute Gasteiger partial charge is 0.258 e. The molecule has 2 aromatic rings. The van der Waals surface area contributed by atoms with Crippen LogP contribution < -0.4 is 5.32 Å². The second-order valence-electron chi connectivity index (χ2n) is 3.54. The zero-order valence-corrected chi connectivity index (χ0v) is 12.4. The van der Waals surface area contributed by atoms with E-state index in [4.69, 9.17) is 23.2 Å². The molecule has 0 unspecified atom stereocenters. The van der Waals surface area contributed by atoms with Crippen molar-refractivity contribution >= 4 is 50.7 Å². The van der Waals surface area contributed by atoms with E-state index in [9.17, 15) is 9.18 Å². The van der Waals surface area contributed by atoms with Gasteiger partial charge in [0.2, 0.25) is 0 Å². The van der Waals surface area contributed by atoms with Gasteiger partial charge in [-0.3, -0.25) is 4.79 Å². The maximum atomic E-state index is 13.0. The first-order valence-electron chi connectivity index (χ1n) is 5.05. The number of aromatic nitrogens is 1. The Morgan fingerprint density at radius 3 is 2.53 bits per heavy atom. The van der Waals surface area contributed by atoms with Crippen molar-refractivity contribution in [1.29, 1.82) is 0 Å². The van der Waals surface area contributed by atoms with Gasteiger partial charge in [0.15, 0.2) is 0 Å². The molecule has 0 radical (unpaired) electrons. The van der Waals surface area contributed by atoms with Crippen molar-refractivity contribution in [3.05, 3.63) is 56.5 Å². The first-order chi connectivity index (χ1) is 8.99. The standard InChI is InChI=1S/C12H6BrCl2FN2O/c13-11-7(2-1-3-17-11)12(19)18-10-8(14)4-6(16)5-9(10)15/h1-5H,(H,18,19). The number of pyridine rings is 1. The SMILES string of the molecule is O=C(Nc1c(Cl)cc(F)cc1Cl)c1cccnc1Br. The van der Waals surface area contributed by atoms with Crippen LogP contribution in [0.1, 0.15) is 10.4 Å². The van der Waals surface area contributed by atoms with Crippen molar-refractivity contribution in [2.75, 3.05) is 5.32 Å². The highest BCUT2D eigenvalue weighted by molar-refractivity contribution is 9.10. The Bertz CT molecular complexity index is 628. The van der Waals surface area contributed by atoms with Crippen LogP contribution in [-0.2, 0) is 0 Å². The highest BCUT2D eigenvalue weighted by Crippen LogP contribution is 2.32. The molecule has 0 saturated heterocycles. The van der Waals surface area contributed by atoms with Gasteiger partial charge in [-0.1, -0.05) is 23.2 Å². The van der Waals surface area contributed by atoms with E-state index in [2.05, 4.69) is 26.2 Å². The van der Waals surface area contributed by atoms with Crippen molar-refractivity contribution in [1.82, 2.24) is 4.98 Å². The second-order valence-corrected chi connectivity index (χ2v) is 5.11. The minimum absolute atomic E-state index is 0.0263. The Morgan fingerprint density at radius 2 is 1.95 bits per heavy atom. The molecule has 0 fully saturated rings. The molecule has 1 N–H and O–H groups in total. The fourth-order valence-corrected chi connectivity index (χ4v) is 2.38. The number of nitrogens with zero attached hydrogens (tertiary/aromatic N) is 1. The lowest BCUT2D eigenvalue weighted by molar-refractivity contribution is 0.102. The van der Waals surface area contributed by atoms with Crippen LogP contribution in [0.3, 0.4) is 0 Å². The molecule has 1 aromatic heterocycles. The third kappa shape index (κ3) is 3.23. The summed E-state index contributed by atoms with van der Waals surface area (Å²) < 4.78 is 13.4. The van der Waals surface area contributed by atoms with Crippen molar-refractivity contribution in [2.24, 2.45) is 0 Å². The van der Waals surface area contributed by atoms with Gasteiger partial charge in [0.25, 0.3) is 5.91 Å². The Labute approximate surface area is 126 Å². The number of hydrogen-bond donors (Lipinski definition) is 1. The number of benzene rings is 1. The van der Waals surface area contributed by atoms with E-state index in [1.54, 1.807) is 18.3 Å². The Hall–Kier alpha value is -1.17. The molecule has 0 aliphatic carbocycles. The predicted molar refractivity (Wildman–Crippen MR) is 76.3 cm³/mol. The molecule has 0 aliphatic heterocycles. The van der Waals surface area contributed by atoms with Crippen LogP contribution in [0.25, 0.3) is 0 Å². The minimum Gasteiger partial charge on any atom is -0.319 e. The summed E-state index contributed by atoms with van der Waals surface area (Å²) in [6, 6.07) is 5.34. The summed E-state index contributed by atoms with van der Waals surface area (Å²) in [5, 5.41) is 2.58. The van der Waals surface area contributed by atoms with E-state index in [1.165, 1.54) is 0 Å². The lowest BCUT2D eigenvalue weighted by Gasteiger charge is -2.10. The molecular formula is C12H6BrCl2FN2O. The van der Waals surface area contributed by atoms with Crippen LogP contribution >= 0.6 is 39.1 Å². The highest BCUT2D eigenvalue weighted by Gasteiger charge is 2.15. The molecule has 7 heteroatoms. The van der Waals surface area contributed by atoms with Crippen molar-refractivity contribution < 1.29 is 9.18 Å². The molecular weight excluding hydrogens is 358 g/mol. The fraction of sp³-hybridized carbons (Fsp3) is 0. The Kier molecular flexibility index (Phi) is 4.39. The number of halogens is 4. The van der Waals surface area contributed by atoms with E-state index >= 15 is 0 Å². The van der Waals surface area contributed by atoms with Crippen LogP contribution in [0.15, 0.2) is 35.1 Å². The molecule has 0 saturated carbocycles. The van der Waals surface area contributed by atoms with E-state index < -0.39 is 11.7 Å². The quantitative estimate of drug-likeness (QED) is 0.795. The molecule has 1 amide bonds. The molecule has 0 atom stereocenters. The molecule has 1 aromatic carbocycles. The number of hydrogen-bond acceptors (Lipinski definition) is 2. The average molecular weight is 364 g/mol. The second kappa shape index (κ2) is 5.86. The molecule has 1 heterocycles. The van der Waals surface area contributed by atoms with E-state index in [1.807, 2.05) is 0 Å². The molecule has 3 nitrogen and oxygen atoms in total. The first kappa shape index (κ1) is 14.2. The highest BCUT2D eigenvalue weighted by atomic mass is 79.9. The summed E-state index contributed by atoms with van der Waals surface area (Å²) in [5.74, 6) is -1.02. The molecule has 0 aliphatic rings. The van der Waals surface area contributed by atoms with Gasteiger partial charge in [0.05, 0.1) is 21.3 Å². The molecule has 98 valence electrons. The number of anilines is 1. The zero-order valence-electron chi connectivity index (χ0n) is 9.25. The van der Waals surface area contributed by atoms with Crippen LogP contribution in [0, 0.1) is 5.82 Å². The third-order valence-electron chi connectivity index (χ3n) is 2.25. The van der Waals surface area contributed by atoms with E-state index in [-0.39, 0.29) is 15.7 Å². The Morgan fingerprint density at radius 1 is 1.32 bits per heavy atom. The first-order valence-corrected chi connectivity index (χ1v) is 6.60. The average Bonchev–Trinajstić information content (AvgIpc) is 2.34. The molecule has 0 bridgehead atoms. The fourth-order valence-electron chi connectivity index (χ4n) is 1.40. The number of nitrogens with one attached hydrogen (secondary N) is 1. The van der Waals surface area contributed by atoms with Gasteiger partial charge in [-0.15, -0.1) is 0 Å². The normalized spacial score (nSPS) is 10.3. The number of rotatable bonds is 2. The third-order valence-corrected chi connectivity index (χ3v) is 3.48.